The van der Waals surface area contributed by atoms with Crippen molar-refractivity contribution in [2.75, 3.05) is 23.7 Å². The van der Waals surface area contributed by atoms with Gasteiger partial charge in [0.15, 0.2) is 0 Å². The summed E-state index contributed by atoms with van der Waals surface area (Å²) in [5.74, 6) is -0.221. The van der Waals surface area contributed by atoms with Crippen molar-refractivity contribution in [2.24, 2.45) is 0 Å². The molecule has 0 saturated heterocycles. The van der Waals surface area contributed by atoms with E-state index in [1.165, 1.54) is 0 Å². The Balaban J connectivity index is 1.97. The third-order valence-corrected chi connectivity index (χ3v) is 4.86. The van der Waals surface area contributed by atoms with Gasteiger partial charge in [-0.1, -0.05) is 11.6 Å². The van der Waals surface area contributed by atoms with Crippen LogP contribution in [0.3, 0.4) is 0 Å². The number of carbonyl (C=O) groups is 2. The Kier molecular flexibility index (Phi) is 5.51. The maximum Gasteiger partial charge on any atom is 0.258 e. The van der Waals surface area contributed by atoms with Crippen LogP contribution in [0, 0.1) is 0 Å². The predicted octanol–water partition coefficient (Wildman–Crippen LogP) is 4.62. The second-order valence-electron chi connectivity index (χ2n) is 6.32. The number of allylic oxidation sites excluding steroid dienone is 1. The monoisotopic (exact) mass is 383 g/mol. The highest BCUT2D eigenvalue weighted by Crippen LogP contribution is 2.35. The highest BCUT2D eigenvalue weighted by atomic mass is 35.5. The fourth-order valence-electron chi connectivity index (χ4n) is 3.18. The molecule has 5 nitrogen and oxygen atoms in total. The van der Waals surface area contributed by atoms with Crippen LogP contribution in [0.15, 0.2) is 48.2 Å². The van der Waals surface area contributed by atoms with Gasteiger partial charge in [-0.15, -0.1) is 0 Å². The molecule has 2 amide bonds. The van der Waals surface area contributed by atoms with Crippen molar-refractivity contribution in [1.29, 1.82) is 0 Å². The standard InChI is InChI=1S/C21H22ClN3O2/c1-4-25(5-2)21(27)14-6-11-18-17(12-14)19(20(26)24-18)13(3)23-16-9-7-15(22)8-10-16/h6-12,23H,4-5H2,1-3H3,(H,24,26)/b19-13-. The number of fused-ring (bicyclic) bond motifs is 1. The molecule has 1 aliphatic rings. The van der Waals surface area contributed by atoms with Gasteiger partial charge >= 0.3 is 0 Å². The summed E-state index contributed by atoms with van der Waals surface area (Å²) in [5, 5.41) is 6.75. The average Bonchev–Trinajstić information content (AvgIpc) is 2.99. The molecular formula is C21H22ClN3O2. The van der Waals surface area contributed by atoms with E-state index in [0.717, 1.165) is 11.3 Å². The Morgan fingerprint density at radius 1 is 1.11 bits per heavy atom. The number of hydrogen-bond donors (Lipinski definition) is 2. The Morgan fingerprint density at radius 3 is 2.41 bits per heavy atom. The van der Waals surface area contributed by atoms with Crippen LogP contribution in [-0.4, -0.2) is 29.8 Å². The number of benzene rings is 2. The fraction of sp³-hybridized carbons (Fsp3) is 0.238. The molecule has 2 aromatic carbocycles. The summed E-state index contributed by atoms with van der Waals surface area (Å²) in [6, 6.07) is 12.6. The average molecular weight is 384 g/mol. The van der Waals surface area contributed by atoms with E-state index >= 15 is 0 Å². The Morgan fingerprint density at radius 2 is 1.78 bits per heavy atom. The molecule has 0 bridgehead atoms. The molecule has 140 valence electrons. The molecule has 27 heavy (non-hydrogen) atoms. The lowest BCUT2D eigenvalue weighted by Gasteiger charge is -2.19. The van der Waals surface area contributed by atoms with Gasteiger partial charge in [0, 0.05) is 46.3 Å². The lowest BCUT2D eigenvalue weighted by atomic mass is 10.0. The Hall–Kier alpha value is -2.79. The van der Waals surface area contributed by atoms with Crippen LogP contribution in [-0.2, 0) is 4.79 Å². The van der Waals surface area contributed by atoms with Gasteiger partial charge in [0.05, 0.1) is 5.57 Å². The van der Waals surface area contributed by atoms with E-state index in [1.54, 1.807) is 35.2 Å². The molecule has 3 rings (SSSR count). The minimum absolute atomic E-state index is 0.0372. The highest BCUT2D eigenvalue weighted by Gasteiger charge is 2.28. The van der Waals surface area contributed by atoms with Gasteiger partial charge in [0.2, 0.25) is 0 Å². The van der Waals surface area contributed by atoms with Crippen LogP contribution in [0.2, 0.25) is 5.02 Å². The molecular weight excluding hydrogens is 362 g/mol. The maximum absolute atomic E-state index is 12.7. The number of anilines is 2. The first kappa shape index (κ1) is 19.0. The predicted molar refractivity (Wildman–Crippen MR) is 110 cm³/mol. The van der Waals surface area contributed by atoms with E-state index in [0.29, 0.717) is 40.6 Å². The first-order valence-electron chi connectivity index (χ1n) is 8.93. The van der Waals surface area contributed by atoms with Crippen molar-refractivity contribution in [3.8, 4) is 0 Å². The highest BCUT2D eigenvalue weighted by molar-refractivity contribution is 6.32. The molecule has 0 fully saturated rings. The summed E-state index contributed by atoms with van der Waals surface area (Å²) in [4.78, 5) is 26.9. The van der Waals surface area contributed by atoms with Crippen molar-refractivity contribution in [2.45, 2.75) is 20.8 Å². The summed E-state index contributed by atoms with van der Waals surface area (Å²) >= 11 is 5.92. The topological polar surface area (TPSA) is 61.4 Å². The Labute approximate surface area is 164 Å². The van der Waals surface area contributed by atoms with E-state index in [9.17, 15) is 9.59 Å². The second-order valence-corrected chi connectivity index (χ2v) is 6.76. The summed E-state index contributed by atoms with van der Waals surface area (Å²) in [5.41, 5.74) is 4.10. The molecule has 1 heterocycles. The number of rotatable bonds is 5. The van der Waals surface area contributed by atoms with E-state index in [2.05, 4.69) is 10.6 Å². The van der Waals surface area contributed by atoms with E-state index in [4.69, 9.17) is 11.6 Å². The first-order valence-corrected chi connectivity index (χ1v) is 9.30. The van der Waals surface area contributed by atoms with Crippen LogP contribution in [0.4, 0.5) is 11.4 Å². The van der Waals surface area contributed by atoms with Crippen LogP contribution < -0.4 is 10.6 Å². The summed E-state index contributed by atoms with van der Waals surface area (Å²) in [6.45, 7) is 7.03. The summed E-state index contributed by atoms with van der Waals surface area (Å²) in [6.07, 6.45) is 0. The zero-order chi connectivity index (χ0) is 19.6. The lowest BCUT2D eigenvalue weighted by molar-refractivity contribution is -0.110. The Bertz CT molecular complexity index is 916. The number of nitrogens with zero attached hydrogens (tertiary/aromatic N) is 1. The number of hydrogen-bond acceptors (Lipinski definition) is 3. The van der Waals surface area contributed by atoms with Gasteiger partial charge in [-0.05, 0) is 63.2 Å². The first-order chi connectivity index (χ1) is 12.9. The lowest BCUT2D eigenvalue weighted by Crippen LogP contribution is -2.30. The number of halogens is 1. The molecule has 0 radical (unpaired) electrons. The third-order valence-electron chi connectivity index (χ3n) is 4.61. The molecule has 0 unspecified atom stereocenters. The normalized spacial score (nSPS) is 14.4. The number of carbonyl (C=O) groups excluding carboxylic acids is 2. The molecule has 2 aromatic rings. The van der Waals surface area contributed by atoms with E-state index in [-0.39, 0.29) is 11.8 Å². The van der Waals surface area contributed by atoms with E-state index in [1.807, 2.05) is 32.9 Å². The van der Waals surface area contributed by atoms with Crippen molar-refractivity contribution in [3.63, 3.8) is 0 Å². The van der Waals surface area contributed by atoms with Crippen LogP contribution in [0.5, 0.6) is 0 Å². The van der Waals surface area contributed by atoms with Crippen molar-refractivity contribution >= 4 is 40.4 Å². The van der Waals surface area contributed by atoms with Gasteiger partial charge in [0.1, 0.15) is 0 Å². The van der Waals surface area contributed by atoms with Gasteiger partial charge < -0.3 is 15.5 Å². The van der Waals surface area contributed by atoms with Gasteiger partial charge in [-0.3, -0.25) is 9.59 Å². The minimum atomic E-state index is -0.184. The smallest absolute Gasteiger partial charge is 0.258 e. The fourth-order valence-corrected chi connectivity index (χ4v) is 3.30. The number of nitrogens with one attached hydrogen (secondary N) is 2. The van der Waals surface area contributed by atoms with Crippen LogP contribution in [0.1, 0.15) is 36.7 Å². The molecule has 0 atom stereocenters. The van der Waals surface area contributed by atoms with Gasteiger partial charge in [-0.2, -0.15) is 0 Å². The zero-order valence-electron chi connectivity index (χ0n) is 15.6. The van der Waals surface area contributed by atoms with Gasteiger partial charge in [0.25, 0.3) is 11.8 Å². The van der Waals surface area contributed by atoms with Crippen molar-refractivity contribution in [1.82, 2.24) is 4.90 Å². The summed E-state index contributed by atoms with van der Waals surface area (Å²) in [7, 11) is 0. The zero-order valence-corrected chi connectivity index (χ0v) is 16.4. The summed E-state index contributed by atoms with van der Waals surface area (Å²) < 4.78 is 0. The van der Waals surface area contributed by atoms with Crippen LogP contribution >= 0.6 is 11.6 Å². The SMILES string of the molecule is CCN(CC)C(=O)c1ccc2c(c1)/C(=C(\C)Nc1ccc(Cl)cc1)C(=O)N2. The minimum Gasteiger partial charge on any atom is -0.358 e. The molecule has 2 N–H and O–H groups in total. The van der Waals surface area contributed by atoms with Crippen molar-refractivity contribution in [3.05, 3.63) is 64.3 Å². The molecule has 0 spiro atoms. The molecule has 1 aliphatic heterocycles. The maximum atomic E-state index is 12.7. The van der Waals surface area contributed by atoms with Crippen molar-refractivity contribution < 1.29 is 9.59 Å². The van der Waals surface area contributed by atoms with Crippen LogP contribution in [0.25, 0.3) is 5.57 Å². The third kappa shape index (κ3) is 3.83. The molecule has 0 aromatic heterocycles. The number of amides is 2. The molecule has 6 heteroatoms. The molecule has 0 aliphatic carbocycles. The quantitative estimate of drug-likeness (QED) is 0.741. The second kappa shape index (κ2) is 7.84. The van der Waals surface area contributed by atoms with E-state index < -0.39 is 0 Å². The molecule has 0 saturated carbocycles. The van der Waals surface area contributed by atoms with Gasteiger partial charge in [-0.25, -0.2) is 0 Å². The largest absolute Gasteiger partial charge is 0.358 e.